The molecule has 0 bridgehead atoms. The fourth-order valence-corrected chi connectivity index (χ4v) is 6.07. The second-order valence-electron chi connectivity index (χ2n) is 10.9. The van der Waals surface area contributed by atoms with Crippen LogP contribution in [0.4, 0.5) is 0 Å². The molecule has 2 aliphatic heterocycles. The first-order valence-electron chi connectivity index (χ1n) is 14.7. The first-order chi connectivity index (χ1) is 20.6. The predicted molar refractivity (Wildman–Crippen MR) is 165 cm³/mol. The van der Waals surface area contributed by atoms with E-state index in [0.29, 0.717) is 36.0 Å². The maximum atomic E-state index is 13.8. The van der Waals surface area contributed by atoms with Gasteiger partial charge in [0, 0.05) is 62.0 Å². The van der Waals surface area contributed by atoms with Crippen LogP contribution >= 0.6 is 0 Å². The van der Waals surface area contributed by atoms with Crippen molar-refractivity contribution in [1.82, 2.24) is 19.7 Å². The van der Waals surface area contributed by atoms with Crippen LogP contribution in [0.2, 0.25) is 0 Å². The van der Waals surface area contributed by atoms with Crippen molar-refractivity contribution in [1.29, 1.82) is 0 Å². The summed E-state index contributed by atoms with van der Waals surface area (Å²) in [7, 11) is 1.60. The van der Waals surface area contributed by atoms with Gasteiger partial charge in [-0.1, -0.05) is 72.8 Å². The summed E-state index contributed by atoms with van der Waals surface area (Å²) < 4.78 is 5.40. The van der Waals surface area contributed by atoms with Gasteiger partial charge >= 0.3 is 0 Å². The smallest absolute Gasteiger partial charge is 0.257 e. The lowest BCUT2D eigenvalue weighted by Crippen LogP contribution is -2.54. The summed E-state index contributed by atoms with van der Waals surface area (Å²) in [5, 5.41) is 0. The topological polar surface area (TPSA) is 66.0 Å². The van der Waals surface area contributed by atoms with Gasteiger partial charge in [0.15, 0.2) is 0 Å². The number of ether oxygens (including phenoxy) is 1. The van der Waals surface area contributed by atoms with E-state index in [1.165, 1.54) is 0 Å². The highest BCUT2D eigenvalue weighted by molar-refractivity contribution is 5.97. The van der Waals surface area contributed by atoms with Crippen molar-refractivity contribution in [2.24, 2.45) is 0 Å². The van der Waals surface area contributed by atoms with Gasteiger partial charge in [-0.2, -0.15) is 0 Å². The van der Waals surface area contributed by atoms with Crippen LogP contribution in [-0.2, 0) is 0 Å². The van der Waals surface area contributed by atoms with Crippen molar-refractivity contribution in [3.8, 4) is 28.3 Å². The quantitative estimate of drug-likeness (QED) is 0.312. The van der Waals surface area contributed by atoms with Gasteiger partial charge in [0.05, 0.1) is 24.1 Å². The van der Waals surface area contributed by atoms with Gasteiger partial charge < -0.3 is 14.5 Å². The molecule has 4 aromatic rings. The van der Waals surface area contributed by atoms with Crippen LogP contribution in [0.3, 0.4) is 0 Å². The van der Waals surface area contributed by atoms with Crippen molar-refractivity contribution in [2.75, 3.05) is 46.4 Å². The number of carbonyl (C=O) groups excluding carboxylic acids is 2. The molecule has 0 saturated carbocycles. The third-order valence-electron chi connectivity index (χ3n) is 8.42. The molecule has 7 heteroatoms. The largest absolute Gasteiger partial charge is 0.496 e. The molecule has 0 spiro atoms. The van der Waals surface area contributed by atoms with Crippen molar-refractivity contribution in [3.05, 3.63) is 108 Å². The molecular formula is C35H36N4O3. The van der Waals surface area contributed by atoms with E-state index in [2.05, 4.69) is 4.90 Å². The summed E-state index contributed by atoms with van der Waals surface area (Å²) in [6, 6.07) is 31.7. The number of rotatable bonds is 6. The van der Waals surface area contributed by atoms with E-state index in [-0.39, 0.29) is 11.8 Å². The molecule has 0 atom stereocenters. The Morgan fingerprint density at radius 3 is 1.76 bits per heavy atom. The lowest BCUT2D eigenvalue weighted by Gasteiger charge is -2.42. The Morgan fingerprint density at radius 1 is 0.667 bits per heavy atom. The summed E-state index contributed by atoms with van der Waals surface area (Å²) in [6.45, 7) is 4.48. The monoisotopic (exact) mass is 560 g/mol. The van der Waals surface area contributed by atoms with Crippen molar-refractivity contribution in [3.63, 3.8) is 0 Å². The average molecular weight is 561 g/mol. The number of piperidine rings is 1. The number of hydrogen-bond donors (Lipinski definition) is 0. The minimum absolute atomic E-state index is 0.0309. The minimum Gasteiger partial charge on any atom is -0.496 e. The van der Waals surface area contributed by atoms with Gasteiger partial charge in [-0.15, -0.1) is 0 Å². The number of benzene rings is 3. The molecule has 2 aliphatic rings. The number of hydrogen-bond acceptors (Lipinski definition) is 5. The van der Waals surface area contributed by atoms with Crippen molar-refractivity contribution < 1.29 is 14.3 Å². The molecule has 0 radical (unpaired) electrons. The molecule has 0 unspecified atom stereocenters. The molecule has 2 amide bonds. The third kappa shape index (κ3) is 5.92. The maximum absolute atomic E-state index is 13.8. The lowest BCUT2D eigenvalue weighted by molar-refractivity contribution is 0.0411. The number of methoxy groups -OCH3 is 1. The molecule has 0 N–H and O–H groups in total. The first kappa shape index (κ1) is 27.7. The first-order valence-corrected chi connectivity index (χ1v) is 14.7. The Balaban J connectivity index is 1.10. The third-order valence-corrected chi connectivity index (χ3v) is 8.42. The van der Waals surface area contributed by atoms with Gasteiger partial charge in [0.25, 0.3) is 11.8 Å². The Hall–Kier alpha value is -4.49. The summed E-state index contributed by atoms with van der Waals surface area (Å²) in [4.78, 5) is 38.2. The van der Waals surface area contributed by atoms with Crippen molar-refractivity contribution >= 4 is 11.8 Å². The highest BCUT2D eigenvalue weighted by atomic mass is 16.5. The number of piperazine rings is 1. The zero-order valence-electron chi connectivity index (χ0n) is 24.0. The second-order valence-corrected chi connectivity index (χ2v) is 10.9. The van der Waals surface area contributed by atoms with Crippen LogP contribution in [0, 0.1) is 0 Å². The van der Waals surface area contributed by atoms with Crippen molar-refractivity contribution in [2.45, 2.75) is 18.9 Å². The Kier molecular flexibility index (Phi) is 8.28. The van der Waals surface area contributed by atoms with E-state index in [1.807, 2.05) is 107 Å². The fourth-order valence-electron chi connectivity index (χ4n) is 6.07. The summed E-state index contributed by atoms with van der Waals surface area (Å²) >= 11 is 0. The number of amides is 2. The molecular weight excluding hydrogens is 524 g/mol. The maximum Gasteiger partial charge on any atom is 0.257 e. The van der Waals surface area contributed by atoms with Crippen LogP contribution in [0.5, 0.6) is 5.75 Å². The minimum atomic E-state index is 0.0309. The molecule has 0 aliphatic carbocycles. The molecule has 2 saturated heterocycles. The van der Waals surface area contributed by atoms with Gasteiger partial charge in [0.1, 0.15) is 5.75 Å². The number of aromatic nitrogens is 1. The van der Waals surface area contributed by atoms with Crippen LogP contribution < -0.4 is 4.74 Å². The number of para-hydroxylation sites is 1. The van der Waals surface area contributed by atoms with Gasteiger partial charge in [-0.05, 0) is 37.1 Å². The fraction of sp³-hybridized carbons (Fsp3) is 0.286. The van der Waals surface area contributed by atoms with E-state index in [9.17, 15) is 9.59 Å². The number of likely N-dealkylation sites (tertiary alicyclic amines) is 1. The highest BCUT2D eigenvalue weighted by Crippen LogP contribution is 2.27. The van der Waals surface area contributed by atoms with E-state index in [4.69, 9.17) is 9.72 Å². The Morgan fingerprint density at radius 2 is 1.19 bits per heavy atom. The van der Waals surface area contributed by atoms with Gasteiger partial charge in [0.2, 0.25) is 0 Å². The predicted octanol–water partition coefficient (Wildman–Crippen LogP) is 5.49. The SMILES string of the molecule is COc1ccccc1C(=O)N1CCC(N2CCN(C(=O)c3cc(-c4ccccc4)nc(-c4ccccc4)c3)CC2)CC1. The number of nitrogens with zero attached hydrogens (tertiary/aromatic N) is 4. The molecule has 2 fully saturated rings. The summed E-state index contributed by atoms with van der Waals surface area (Å²) in [5.74, 6) is 0.693. The average Bonchev–Trinajstić information content (AvgIpc) is 3.08. The summed E-state index contributed by atoms with van der Waals surface area (Å²) in [6.07, 6.45) is 1.86. The van der Waals surface area contributed by atoms with Crippen LogP contribution in [0.25, 0.3) is 22.5 Å². The number of carbonyl (C=O) groups is 2. The standard InChI is InChI=1S/C35H36N4O3/c1-42-33-15-9-8-14-30(33)35(41)38-18-16-29(17-19-38)37-20-22-39(23-21-37)34(40)28-24-31(26-10-4-2-5-11-26)36-32(25-28)27-12-6-3-7-13-27/h2-15,24-25,29H,16-23H2,1H3. The molecule has 6 rings (SSSR count). The normalized spacial score (nSPS) is 16.3. The zero-order valence-corrected chi connectivity index (χ0v) is 24.0. The molecule has 42 heavy (non-hydrogen) atoms. The zero-order chi connectivity index (χ0) is 28.9. The van der Waals surface area contributed by atoms with E-state index < -0.39 is 0 Å². The summed E-state index contributed by atoms with van der Waals surface area (Å²) in [5.41, 5.74) is 4.86. The van der Waals surface area contributed by atoms with Gasteiger partial charge in [-0.25, -0.2) is 4.98 Å². The van der Waals surface area contributed by atoms with E-state index >= 15 is 0 Å². The van der Waals surface area contributed by atoms with Crippen LogP contribution in [0.1, 0.15) is 33.6 Å². The van der Waals surface area contributed by atoms with Crippen LogP contribution in [0.15, 0.2) is 97.1 Å². The highest BCUT2D eigenvalue weighted by Gasteiger charge is 2.31. The van der Waals surface area contributed by atoms with Gasteiger partial charge in [-0.3, -0.25) is 14.5 Å². The Labute approximate surface area is 247 Å². The molecule has 3 aromatic carbocycles. The molecule has 3 heterocycles. The Bertz CT molecular complexity index is 1470. The van der Waals surface area contributed by atoms with Crippen LogP contribution in [-0.4, -0.2) is 83.9 Å². The number of pyridine rings is 1. The van der Waals surface area contributed by atoms with E-state index in [1.54, 1.807) is 7.11 Å². The molecule has 1 aromatic heterocycles. The molecule has 214 valence electrons. The van der Waals surface area contributed by atoms with E-state index in [0.717, 1.165) is 61.5 Å². The molecule has 7 nitrogen and oxygen atoms in total. The lowest BCUT2D eigenvalue weighted by atomic mass is 10.0. The second kappa shape index (κ2) is 12.6.